The molecule has 0 heterocycles. The monoisotopic (exact) mass is 358 g/mol. The highest BCUT2D eigenvalue weighted by molar-refractivity contribution is 6.84. The van der Waals surface area contributed by atoms with E-state index in [-0.39, 0.29) is 0 Å². The van der Waals surface area contributed by atoms with E-state index < -0.39 is 8.07 Å². The molecule has 0 fully saturated rings. The van der Waals surface area contributed by atoms with Gasteiger partial charge in [0.1, 0.15) is 0 Å². The maximum atomic E-state index is 2.55. The molecule has 0 N–H and O–H groups in total. The molecule has 0 amide bonds. The van der Waals surface area contributed by atoms with E-state index in [1.54, 1.807) is 16.3 Å². The van der Waals surface area contributed by atoms with E-state index in [1.165, 1.54) is 49.3 Å². The molecule has 0 aliphatic heterocycles. The van der Waals surface area contributed by atoms with Gasteiger partial charge in [-0.2, -0.15) is 0 Å². The maximum Gasteiger partial charge on any atom is 0.0758 e. The van der Waals surface area contributed by atoms with Crippen LogP contribution in [0.5, 0.6) is 0 Å². The average molecular weight is 359 g/mol. The molecule has 0 nitrogen and oxygen atoms in total. The Bertz CT molecular complexity index is 795. The molecule has 0 saturated carbocycles. The molecule has 2 aliphatic carbocycles. The Morgan fingerprint density at radius 2 is 1.50 bits per heavy atom. The summed E-state index contributed by atoms with van der Waals surface area (Å²) in [4.78, 5) is 0. The van der Waals surface area contributed by atoms with E-state index in [0.29, 0.717) is 5.92 Å². The van der Waals surface area contributed by atoms with Crippen molar-refractivity contribution in [1.29, 1.82) is 0 Å². The number of hydrogen-bond acceptors (Lipinski definition) is 0. The number of allylic oxidation sites excluding steroid dienone is 4. The number of fused-ring (bicyclic) bond motifs is 3. The second kappa shape index (κ2) is 7.40. The molecule has 2 aromatic carbocycles. The van der Waals surface area contributed by atoms with E-state index in [1.807, 2.05) is 0 Å². The van der Waals surface area contributed by atoms with E-state index in [2.05, 4.69) is 79.9 Å². The lowest BCUT2D eigenvalue weighted by atomic mass is 9.91. The number of benzene rings is 2. The van der Waals surface area contributed by atoms with Crippen LogP contribution in [-0.4, -0.2) is 8.07 Å². The lowest BCUT2D eigenvalue weighted by molar-refractivity contribution is 0.623. The summed E-state index contributed by atoms with van der Waals surface area (Å²) in [5.74, 6) is 0.606. The summed E-state index contributed by atoms with van der Waals surface area (Å²) in [6.07, 6.45) is 13.6. The summed E-state index contributed by atoms with van der Waals surface area (Å²) in [5, 5.41) is 1.75. The number of unbranched alkanes of at least 4 members (excludes halogenated alkanes) is 2. The molecule has 4 rings (SSSR count). The first-order chi connectivity index (χ1) is 12.7. The van der Waals surface area contributed by atoms with Crippen LogP contribution in [0.25, 0.3) is 11.1 Å². The third kappa shape index (κ3) is 3.37. The molecule has 0 spiro atoms. The summed E-state index contributed by atoms with van der Waals surface area (Å²) in [5.41, 5.74) is 6.01. The van der Waals surface area contributed by atoms with Crippen molar-refractivity contribution in [3.63, 3.8) is 0 Å². The fraction of sp³-hybridized carbons (Fsp3) is 0.360. The van der Waals surface area contributed by atoms with Gasteiger partial charge in [0.15, 0.2) is 0 Å². The van der Waals surface area contributed by atoms with Crippen molar-refractivity contribution < 1.29 is 0 Å². The Morgan fingerprint density at radius 3 is 2.12 bits per heavy atom. The van der Waals surface area contributed by atoms with Crippen LogP contribution in [0.15, 0.2) is 72.0 Å². The minimum atomic E-state index is -1.17. The van der Waals surface area contributed by atoms with Gasteiger partial charge in [0.05, 0.1) is 8.07 Å². The number of rotatable bonds is 7. The summed E-state index contributed by atoms with van der Waals surface area (Å²) < 4.78 is 0. The molecule has 1 heteroatoms. The Balaban J connectivity index is 1.34. The van der Waals surface area contributed by atoms with Gasteiger partial charge in [-0.1, -0.05) is 110 Å². The molecule has 2 aromatic rings. The quantitative estimate of drug-likeness (QED) is 0.355. The van der Waals surface area contributed by atoms with Crippen LogP contribution in [0, 0.1) is 0 Å². The fourth-order valence-corrected chi connectivity index (χ4v) is 7.45. The van der Waals surface area contributed by atoms with Gasteiger partial charge in [-0.25, -0.2) is 0 Å². The molecule has 0 atom stereocenters. The normalized spacial score (nSPS) is 15.8. The second-order valence-electron chi connectivity index (χ2n) is 8.53. The van der Waals surface area contributed by atoms with E-state index in [4.69, 9.17) is 0 Å². The zero-order valence-electron chi connectivity index (χ0n) is 16.2. The molecule has 0 bridgehead atoms. The fourth-order valence-electron chi connectivity index (χ4n) is 4.77. The third-order valence-electron chi connectivity index (χ3n) is 6.40. The largest absolute Gasteiger partial charge is 0.0809 e. The topological polar surface area (TPSA) is 0 Å². The highest BCUT2D eigenvalue weighted by atomic mass is 28.3. The van der Waals surface area contributed by atoms with Crippen molar-refractivity contribution >= 4 is 8.07 Å². The lowest BCUT2D eigenvalue weighted by Crippen LogP contribution is -2.28. The minimum Gasteiger partial charge on any atom is -0.0809 e. The zero-order valence-corrected chi connectivity index (χ0v) is 17.2. The first-order valence-electron chi connectivity index (χ1n) is 10.2. The maximum absolute atomic E-state index is 2.55. The van der Waals surface area contributed by atoms with Crippen LogP contribution in [0.1, 0.15) is 49.1 Å². The smallest absolute Gasteiger partial charge is 0.0758 e. The molecule has 0 aromatic heterocycles. The summed E-state index contributed by atoms with van der Waals surface area (Å²) in [7, 11) is -1.17. The van der Waals surface area contributed by atoms with Gasteiger partial charge in [0.2, 0.25) is 0 Å². The van der Waals surface area contributed by atoms with Gasteiger partial charge in [0, 0.05) is 5.92 Å². The molecule has 26 heavy (non-hydrogen) atoms. The van der Waals surface area contributed by atoms with Crippen LogP contribution < -0.4 is 0 Å². The van der Waals surface area contributed by atoms with Gasteiger partial charge in [-0.05, 0) is 35.1 Å². The van der Waals surface area contributed by atoms with Crippen molar-refractivity contribution in [3.05, 3.63) is 83.1 Å². The van der Waals surface area contributed by atoms with Gasteiger partial charge in [-0.15, -0.1) is 0 Å². The van der Waals surface area contributed by atoms with Crippen molar-refractivity contribution in [2.24, 2.45) is 0 Å². The van der Waals surface area contributed by atoms with Crippen molar-refractivity contribution in [2.75, 3.05) is 0 Å². The molecule has 0 unspecified atom stereocenters. The lowest BCUT2D eigenvalue weighted by Gasteiger charge is -2.24. The highest BCUT2D eigenvalue weighted by Crippen LogP contribution is 2.46. The van der Waals surface area contributed by atoms with Crippen molar-refractivity contribution in [3.8, 4) is 11.1 Å². The standard InChI is InChI=1S/C25H30Si/c1-26(2,20-12-5-6-13-20)19-11-3-4-14-21-22-15-7-9-17-24(22)25-18-10-8-16-23(21)25/h5-10,12,15-18,21H,3-4,11,13-14,19H2,1-2H3. The summed E-state index contributed by atoms with van der Waals surface area (Å²) >= 11 is 0. The van der Waals surface area contributed by atoms with E-state index in [0.717, 1.165) is 0 Å². The first kappa shape index (κ1) is 17.5. The van der Waals surface area contributed by atoms with Crippen molar-refractivity contribution in [1.82, 2.24) is 0 Å². The molecular formula is C25H30Si. The summed E-state index contributed by atoms with van der Waals surface area (Å²) in [6.45, 7) is 5.10. The van der Waals surface area contributed by atoms with E-state index in [9.17, 15) is 0 Å². The van der Waals surface area contributed by atoms with Crippen molar-refractivity contribution in [2.45, 2.75) is 57.2 Å². The van der Waals surface area contributed by atoms with Crippen LogP contribution in [0.4, 0.5) is 0 Å². The average Bonchev–Trinajstić information content (AvgIpc) is 3.29. The van der Waals surface area contributed by atoms with Gasteiger partial charge < -0.3 is 0 Å². The Morgan fingerprint density at radius 1 is 0.846 bits per heavy atom. The molecular weight excluding hydrogens is 328 g/mol. The SMILES string of the molecule is C[Si](C)(CCCCCC1c2ccccc2-c2ccccc21)C1=CC=CC1. The Labute approximate surface area is 159 Å². The van der Waals surface area contributed by atoms with Gasteiger partial charge in [0.25, 0.3) is 0 Å². The Kier molecular flexibility index (Phi) is 5.00. The second-order valence-corrected chi connectivity index (χ2v) is 13.4. The molecule has 0 radical (unpaired) electrons. The third-order valence-corrected chi connectivity index (χ3v) is 10.1. The van der Waals surface area contributed by atoms with Gasteiger partial charge in [-0.3, -0.25) is 0 Å². The number of hydrogen-bond donors (Lipinski definition) is 0. The highest BCUT2D eigenvalue weighted by Gasteiger charge is 2.28. The zero-order chi connectivity index (χ0) is 18.0. The molecule has 2 aliphatic rings. The minimum absolute atomic E-state index is 0.606. The van der Waals surface area contributed by atoms with Crippen LogP contribution in [-0.2, 0) is 0 Å². The molecule has 134 valence electrons. The van der Waals surface area contributed by atoms with Crippen LogP contribution >= 0.6 is 0 Å². The van der Waals surface area contributed by atoms with Gasteiger partial charge >= 0.3 is 0 Å². The van der Waals surface area contributed by atoms with Crippen LogP contribution in [0.2, 0.25) is 19.1 Å². The first-order valence-corrected chi connectivity index (χ1v) is 13.4. The predicted molar refractivity (Wildman–Crippen MR) is 116 cm³/mol. The summed E-state index contributed by atoms with van der Waals surface area (Å²) in [6, 6.07) is 19.5. The van der Waals surface area contributed by atoms with Crippen LogP contribution in [0.3, 0.4) is 0 Å². The predicted octanol–water partition coefficient (Wildman–Crippen LogP) is 7.49. The molecule has 0 saturated heterocycles. The Hall–Kier alpha value is -1.86. The van der Waals surface area contributed by atoms with E-state index >= 15 is 0 Å².